The van der Waals surface area contributed by atoms with E-state index in [1.807, 2.05) is 72.4 Å². The predicted molar refractivity (Wildman–Crippen MR) is 108 cm³/mol. The highest BCUT2D eigenvalue weighted by Crippen LogP contribution is 2.25. The number of rotatable bonds is 6. The van der Waals surface area contributed by atoms with Crippen LogP contribution in [0.3, 0.4) is 0 Å². The third-order valence-electron chi connectivity index (χ3n) is 5.25. The van der Waals surface area contributed by atoms with Crippen molar-refractivity contribution in [2.75, 3.05) is 0 Å². The van der Waals surface area contributed by atoms with Crippen molar-refractivity contribution < 1.29 is 9.53 Å². The molecule has 28 heavy (non-hydrogen) atoms. The Morgan fingerprint density at radius 1 is 1.11 bits per heavy atom. The highest BCUT2D eigenvalue weighted by Gasteiger charge is 2.21. The summed E-state index contributed by atoms with van der Waals surface area (Å²) in [5.74, 6) is 1.48. The number of benzene rings is 2. The molecule has 1 unspecified atom stereocenters. The van der Waals surface area contributed by atoms with Crippen LogP contribution >= 0.6 is 0 Å². The maximum absolute atomic E-state index is 12.9. The lowest BCUT2D eigenvalue weighted by molar-refractivity contribution is 0.0941. The first-order valence-electron chi connectivity index (χ1n) is 9.80. The molecule has 0 aliphatic heterocycles. The van der Waals surface area contributed by atoms with Gasteiger partial charge in [-0.15, -0.1) is 0 Å². The number of imidazole rings is 1. The molecule has 1 amide bonds. The fourth-order valence-electron chi connectivity index (χ4n) is 3.70. The van der Waals surface area contributed by atoms with Crippen LogP contribution in [-0.4, -0.2) is 21.6 Å². The van der Waals surface area contributed by atoms with Gasteiger partial charge in [0, 0.05) is 25.0 Å². The molecule has 4 rings (SSSR count). The van der Waals surface area contributed by atoms with Gasteiger partial charge in [0.1, 0.15) is 17.6 Å². The summed E-state index contributed by atoms with van der Waals surface area (Å²) >= 11 is 0. The first kappa shape index (κ1) is 18.3. The molecule has 1 aliphatic rings. The topological polar surface area (TPSA) is 56.2 Å². The summed E-state index contributed by atoms with van der Waals surface area (Å²) < 4.78 is 7.92. The monoisotopic (exact) mass is 375 g/mol. The Bertz CT molecular complexity index is 913. The average Bonchev–Trinajstić information content (AvgIpc) is 3.39. The minimum Gasteiger partial charge on any atom is -0.490 e. The SMILES string of the molecule is Cn1ccnc1C(NC(=O)c1ccc(OC2CCCC2)cc1)c1ccccc1. The quantitative estimate of drug-likeness (QED) is 0.700. The largest absolute Gasteiger partial charge is 0.490 e. The summed E-state index contributed by atoms with van der Waals surface area (Å²) in [6, 6.07) is 17.0. The van der Waals surface area contributed by atoms with Crippen LogP contribution in [0.1, 0.15) is 53.5 Å². The van der Waals surface area contributed by atoms with E-state index in [2.05, 4.69) is 10.3 Å². The van der Waals surface area contributed by atoms with E-state index in [9.17, 15) is 4.79 Å². The van der Waals surface area contributed by atoms with Gasteiger partial charge in [-0.05, 0) is 55.5 Å². The Hall–Kier alpha value is -3.08. The maximum Gasteiger partial charge on any atom is 0.252 e. The van der Waals surface area contributed by atoms with E-state index in [4.69, 9.17) is 4.74 Å². The van der Waals surface area contributed by atoms with Crippen LogP contribution in [0.15, 0.2) is 67.0 Å². The molecule has 1 saturated carbocycles. The molecular weight excluding hydrogens is 350 g/mol. The second-order valence-corrected chi connectivity index (χ2v) is 7.26. The van der Waals surface area contributed by atoms with Gasteiger partial charge in [0.05, 0.1) is 6.10 Å². The van der Waals surface area contributed by atoms with E-state index < -0.39 is 0 Å². The number of aromatic nitrogens is 2. The van der Waals surface area contributed by atoms with E-state index in [1.165, 1.54) is 12.8 Å². The number of carbonyl (C=O) groups is 1. The molecule has 1 atom stereocenters. The van der Waals surface area contributed by atoms with Crippen molar-refractivity contribution in [3.05, 3.63) is 83.9 Å². The first-order valence-corrected chi connectivity index (χ1v) is 9.80. The van der Waals surface area contributed by atoms with Gasteiger partial charge in [0.25, 0.3) is 5.91 Å². The fraction of sp³-hybridized carbons (Fsp3) is 0.304. The van der Waals surface area contributed by atoms with E-state index >= 15 is 0 Å². The number of ether oxygens (including phenoxy) is 1. The van der Waals surface area contributed by atoms with Crippen LogP contribution in [0.5, 0.6) is 5.75 Å². The van der Waals surface area contributed by atoms with E-state index in [1.54, 1.807) is 6.20 Å². The molecule has 0 bridgehead atoms. The van der Waals surface area contributed by atoms with Crippen molar-refractivity contribution in [2.24, 2.45) is 7.05 Å². The maximum atomic E-state index is 12.9. The molecule has 1 fully saturated rings. The molecule has 0 saturated heterocycles. The Labute approximate surface area is 165 Å². The van der Waals surface area contributed by atoms with Crippen molar-refractivity contribution in [3.8, 4) is 5.75 Å². The number of hydrogen-bond acceptors (Lipinski definition) is 3. The van der Waals surface area contributed by atoms with E-state index in [0.717, 1.165) is 30.0 Å². The van der Waals surface area contributed by atoms with Crippen molar-refractivity contribution in [2.45, 2.75) is 37.8 Å². The summed E-state index contributed by atoms with van der Waals surface area (Å²) in [6.45, 7) is 0. The van der Waals surface area contributed by atoms with Gasteiger partial charge in [-0.1, -0.05) is 30.3 Å². The van der Waals surface area contributed by atoms with Gasteiger partial charge >= 0.3 is 0 Å². The number of nitrogens with one attached hydrogen (secondary N) is 1. The van der Waals surface area contributed by atoms with Gasteiger partial charge in [-0.2, -0.15) is 0 Å². The highest BCUT2D eigenvalue weighted by atomic mass is 16.5. The molecule has 5 nitrogen and oxygen atoms in total. The van der Waals surface area contributed by atoms with Gasteiger partial charge in [0.15, 0.2) is 0 Å². The first-order chi connectivity index (χ1) is 13.7. The van der Waals surface area contributed by atoms with Crippen LogP contribution in [0.2, 0.25) is 0 Å². The Balaban J connectivity index is 1.50. The zero-order valence-electron chi connectivity index (χ0n) is 16.0. The molecule has 1 N–H and O–H groups in total. The summed E-state index contributed by atoms with van der Waals surface area (Å²) in [6.07, 6.45) is 8.64. The minimum atomic E-state index is -0.317. The zero-order chi connectivity index (χ0) is 19.3. The number of nitrogens with zero attached hydrogens (tertiary/aromatic N) is 2. The minimum absolute atomic E-state index is 0.135. The highest BCUT2D eigenvalue weighted by molar-refractivity contribution is 5.94. The number of amides is 1. The molecule has 0 spiro atoms. The standard InChI is InChI=1S/C23H25N3O2/c1-26-16-15-24-22(26)21(17-7-3-2-4-8-17)25-23(27)18-11-13-20(14-12-18)28-19-9-5-6-10-19/h2-4,7-8,11-16,19,21H,5-6,9-10H2,1H3,(H,25,27). The van der Waals surface area contributed by atoms with Crippen LogP contribution < -0.4 is 10.1 Å². The number of carbonyl (C=O) groups excluding carboxylic acids is 1. The lowest BCUT2D eigenvalue weighted by Gasteiger charge is -2.19. The third kappa shape index (κ3) is 4.09. The Morgan fingerprint density at radius 3 is 2.46 bits per heavy atom. The Kier molecular flexibility index (Phi) is 5.42. The van der Waals surface area contributed by atoms with Gasteiger partial charge in [0.2, 0.25) is 0 Å². The van der Waals surface area contributed by atoms with Gasteiger partial charge < -0.3 is 14.6 Å². The van der Waals surface area contributed by atoms with Crippen LogP contribution in [0.25, 0.3) is 0 Å². The van der Waals surface area contributed by atoms with E-state index in [0.29, 0.717) is 11.7 Å². The lowest BCUT2D eigenvalue weighted by Crippen LogP contribution is -2.31. The predicted octanol–water partition coefficient (Wildman–Crippen LogP) is 4.26. The van der Waals surface area contributed by atoms with Crippen LogP contribution in [-0.2, 0) is 7.05 Å². The normalized spacial score (nSPS) is 15.3. The summed E-state index contributed by atoms with van der Waals surface area (Å²) in [5.41, 5.74) is 1.60. The van der Waals surface area contributed by atoms with E-state index in [-0.39, 0.29) is 11.9 Å². The van der Waals surface area contributed by atoms with Crippen LogP contribution in [0, 0.1) is 0 Å². The molecule has 1 aliphatic carbocycles. The van der Waals surface area contributed by atoms with Crippen molar-refractivity contribution in [1.82, 2.24) is 14.9 Å². The molecular formula is C23H25N3O2. The molecule has 0 radical (unpaired) electrons. The van der Waals surface area contributed by atoms with Gasteiger partial charge in [-0.25, -0.2) is 4.98 Å². The zero-order valence-corrected chi connectivity index (χ0v) is 16.0. The van der Waals surface area contributed by atoms with Gasteiger partial charge in [-0.3, -0.25) is 4.79 Å². The van der Waals surface area contributed by atoms with Crippen molar-refractivity contribution in [1.29, 1.82) is 0 Å². The smallest absolute Gasteiger partial charge is 0.252 e. The summed E-state index contributed by atoms with van der Waals surface area (Å²) in [4.78, 5) is 17.3. The summed E-state index contributed by atoms with van der Waals surface area (Å²) in [7, 11) is 1.93. The molecule has 3 aromatic rings. The number of aryl methyl sites for hydroxylation is 1. The molecule has 5 heteroatoms. The molecule has 2 aromatic carbocycles. The summed E-state index contributed by atoms with van der Waals surface area (Å²) in [5, 5.41) is 3.12. The molecule has 144 valence electrons. The third-order valence-corrected chi connectivity index (χ3v) is 5.25. The Morgan fingerprint density at radius 2 is 1.82 bits per heavy atom. The lowest BCUT2D eigenvalue weighted by atomic mass is 10.1. The average molecular weight is 375 g/mol. The second kappa shape index (κ2) is 8.30. The fourth-order valence-corrected chi connectivity index (χ4v) is 3.70. The van der Waals surface area contributed by atoms with Crippen molar-refractivity contribution >= 4 is 5.91 Å². The molecule has 1 heterocycles. The van der Waals surface area contributed by atoms with Crippen molar-refractivity contribution in [3.63, 3.8) is 0 Å². The number of hydrogen-bond donors (Lipinski definition) is 1. The van der Waals surface area contributed by atoms with Crippen LogP contribution in [0.4, 0.5) is 0 Å². The molecule has 1 aromatic heterocycles. The second-order valence-electron chi connectivity index (χ2n) is 7.26.